The Labute approximate surface area is 151 Å². The van der Waals surface area contributed by atoms with E-state index < -0.39 is 24.0 Å². The number of ketones is 1. The van der Waals surface area contributed by atoms with Crippen molar-refractivity contribution < 1.29 is 24.9 Å². The van der Waals surface area contributed by atoms with Crippen molar-refractivity contribution >= 4 is 11.8 Å². The van der Waals surface area contributed by atoms with Gasteiger partial charge >= 0.3 is 5.97 Å². The minimum Gasteiger partial charge on any atom is -0.475 e. The van der Waals surface area contributed by atoms with E-state index in [0.29, 0.717) is 5.92 Å². The van der Waals surface area contributed by atoms with Gasteiger partial charge in [0.2, 0.25) is 0 Å². The van der Waals surface area contributed by atoms with E-state index in [0.717, 1.165) is 18.8 Å². The highest BCUT2D eigenvalue weighted by Crippen LogP contribution is 2.38. The number of aliphatic hydroxyl groups is 2. The summed E-state index contributed by atoms with van der Waals surface area (Å²) in [6.45, 7) is 2.23. The van der Waals surface area contributed by atoms with Crippen LogP contribution in [0, 0.1) is 11.8 Å². The standard InChI is InChI=1S/C20H36O5/c1-2-3-4-5-6-7-10-15-11-8-12-16(15)13-9-14-17(21)18(22)19(23)20(24)25/h15-18,21-22H,2-14H2,1H3,(H,24,25)/t15-,16+,17?,18?/m0/s1. The van der Waals surface area contributed by atoms with Gasteiger partial charge in [0.1, 0.15) is 6.10 Å². The van der Waals surface area contributed by atoms with E-state index in [4.69, 9.17) is 5.11 Å². The van der Waals surface area contributed by atoms with Crippen LogP contribution in [0.2, 0.25) is 0 Å². The van der Waals surface area contributed by atoms with Gasteiger partial charge in [0.05, 0.1) is 6.10 Å². The molecule has 5 heteroatoms. The molecule has 1 aliphatic carbocycles. The number of unbranched alkanes of at least 4 members (excludes halogenated alkanes) is 5. The highest BCUT2D eigenvalue weighted by atomic mass is 16.4. The van der Waals surface area contributed by atoms with Crippen LogP contribution in [0.5, 0.6) is 0 Å². The zero-order valence-corrected chi connectivity index (χ0v) is 15.7. The number of carboxylic acid groups (broad SMARTS) is 1. The minimum absolute atomic E-state index is 0.278. The number of carbonyl (C=O) groups is 2. The molecule has 0 aliphatic heterocycles. The number of hydrogen-bond donors (Lipinski definition) is 3. The average Bonchev–Trinajstić information content (AvgIpc) is 3.03. The van der Waals surface area contributed by atoms with Crippen LogP contribution >= 0.6 is 0 Å². The molecule has 1 saturated carbocycles. The molecule has 0 bridgehead atoms. The Morgan fingerprint density at radius 3 is 2.08 bits per heavy atom. The van der Waals surface area contributed by atoms with Crippen LogP contribution in [-0.4, -0.2) is 39.3 Å². The second kappa shape index (κ2) is 12.4. The van der Waals surface area contributed by atoms with Gasteiger partial charge in [-0.1, -0.05) is 84.0 Å². The molecule has 1 fully saturated rings. The second-order valence-electron chi connectivity index (χ2n) is 7.62. The fraction of sp³-hybridized carbons (Fsp3) is 0.900. The first-order chi connectivity index (χ1) is 12.0. The molecule has 0 heterocycles. The molecule has 0 saturated heterocycles. The van der Waals surface area contributed by atoms with Gasteiger partial charge in [-0.05, 0) is 18.3 Å². The molecular weight excluding hydrogens is 320 g/mol. The summed E-state index contributed by atoms with van der Waals surface area (Å²) < 4.78 is 0. The van der Waals surface area contributed by atoms with Crippen molar-refractivity contribution in [2.45, 2.75) is 103 Å². The largest absolute Gasteiger partial charge is 0.475 e. The molecule has 5 nitrogen and oxygen atoms in total. The van der Waals surface area contributed by atoms with Crippen molar-refractivity contribution in [1.29, 1.82) is 0 Å². The van der Waals surface area contributed by atoms with Gasteiger partial charge in [-0.25, -0.2) is 4.79 Å². The first kappa shape index (κ1) is 22.1. The van der Waals surface area contributed by atoms with Crippen LogP contribution in [0.4, 0.5) is 0 Å². The summed E-state index contributed by atoms with van der Waals surface area (Å²) in [6, 6.07) is 0. The van der Waals surface area contributed by atoms with Crippen LogP contribution in [0.15, 0.2) is 0 Å². The van der Waals surface area contributed by atoms with Gasteiger partial charge in [0, 0.05) is 0 Å². The lowest BCUT2D eigenvalue weighted by atomic mass is 9.86. The van der Waals surface area contributed by atoms with Crippen LogP contribution in [0.3, 0.4) is 0 Å². The number of hydrogen-bond acceptors (Lipinski definition) is 4. The molecule has 25 heavy (non-hydrogen) atoms. The van der Waals surface area contributed by atoms with Gasteiger partial charge in [-0.15, -0.1) is 0 Å². The monoisotopic (exact) mass is 356 g/mol. The summed E-state index contributed by atoms with van der Waals surface area (Å²) in [5.41, 5.74) is 0. The van der Waals surface area contributed by atoms with Crippen LogP contribution in [0.25, 0.3) is 0 Å². The number of carbonyl (C=O) groups excluding carboxylic acids is 1. The van der Waals surface area contributed by atoms with Gasteiger partial charge in [0.15, 0.2) is 0 Å². The quantitative estimate of drug-likeness (QED) is 0.326. The maximum Gasteiger partial charge on any atom is 0.375 e. The Morgan fingerprint density at radius 2 is 1.48 bits per heavy atom. The summed E-state index contributed by atoms with van der Waals surface area (Å²) in [5, 5.41) is 27.9. The van der Waals surface area contributed by atoms with E-state index in [2.05, 4.69) is 6.92 Å². The molecule has 3 N–H and O–H groups in total. The average molecular weight is 357 g/mol. The molecule has 2 unspecified atom stereocenters. The normalized spacial score (nSPS) is 22.7. The second-order valence-corrected chi connectivity index (χ2v) is 7.62. The first-order valence-corrected chi connectivity index (χ1v) is 10.1. The molecule has 0 spiro atoms. The van der Waals surface area contributed by atoms with Gasteiger partial charge in [-0.3, -0.25) is 4.79 Å². The van der Waals surface area contributed by atoms with Crippen LogP contribution < -0.4 is 0 Å². The van der Waals surface area contributed by atoms with Crippen molar-refractivity contribution in [2.75, 3.05) is 0 Å². The van der Waals surface area contributed by atoms with Crippen molar-refractivity contribution in [3.63, 3.8) is 0 Å². The molecule has 1 rings (SSSR count). The molecule has 4 atom stereocenters. The van der Waals surface area contributed by atoms with Crippen molar-refractivity contribution in [3.05, 3.63) is 0 Å². The lowest BCUT2D eigenvalue weighted by molar-refractivity contribution is -0.156. The SMILES string of the molecule is CCCCCCCC[C@H]1CCC[C@@H]1CCCC(O)C(O)C(=O)C(=O)O. The maximum absolute atomic E-state index is 11.2. The zero-order valence-electron chi connectivity index (χ0n) is 15.7. The fourth-order valence-corrected chi connectivity index (χ4v) is 4.11. The number of Topliss-reactive ketones (excluding diaryl/α,β-unsaturated/α-hetero) is 1. The first-order valence-electron chi connectivity index (χ1n) is 10.1. The Balaban J connectivity index is 2.20. The smallest absolute Gasteiger partial charge is 0.375 e. The summed E-state index contributed by atoms with van der Waals surface area (Å²) in [7, 11) is 0. The Hall–Kier alpha value is -0.940. The van der Waals surface area contributed by atoms with Crippen LogP contribution in [-0.2, 0) is 9.59 Å². The van der Waals surface area contributed by atoms with Crippen molar-refractivity contribution in [2.24, 2.45) is 11.8 Å². The zero-order chi connectivity index (χ0) is 18.7. The topological polar surface area (TPSA) is 94.8 Å². The van der Waals surface area contributed by atoms with E-state index in [-0.39, 0.29) is 6.42 Å². The molecule has 0 aromatic rings. The molecule has 1 aliphatic rings. The Kier molecular flexibility index (Phi) is 11.0. The van der Waals surface area contributed by atoms with Crippen LogP contribution in [0.1, 0.15) is 90.4 Å². The number of rotatable bonds is 14. The van der Waals surface area contributed by atoms with Crippen molar-refractivity contribution in [3.8, 4) is 0 Å². The third kappa shape index (κ3) is 8.32. The lowest BCUT2D eigenvalue weighted by Crippen LogP contribution is -2.38. The third-order valence-corrected chi connectivity index (χ3v) is 5.66. The molecular formula is C20H36O5. The van der Waals surface area contributed by atoms with Gasteiger partial charge in [-0.2, -0.15) is 0 Å². The maximum atomic E-state index is 11.2. The number of carboxylic acids is 1. The molecule has 0 aromatic heterocycles. The fourth-order valence-electron chi connectivity index (χ4n) is 4.11. The molecule has 0 radical (unpaired) electrons. The van der Waals surface area contributed by atoms with E-state index >= 15 is 0 Å². The summed E-state index contributed by atoms with van der Waals surface area (Å²) in [6.07, 6.45) is 11.9. The van der Waals surface area contributed by atoms with E-state index in [1.807, 2.05) is 0 Å². The number of aliphatic carboxylic acids is 1. The van der Waals surface area contributed by atoms with E-state index in [1.165, 1.54) is 64.2 Å². The summed E-state index contributed by atoms with van der Waals surface area (Å²) >= 11 is 0. The predicted molar refractivity (Wildman–Crippen MR) is 97.3 cm³/mol. The summed E-state index contributed by atoms with van der Waals surface area (Å²) in [5.74, 6) is -1.57. The third-order valence-electron chi connectivity index (χ3n) is 5.66. The van der Waals surface area contributed by atoms with E-state index in [1.54, 1.807) is 0 Å². The van der Waals surface area contributed by atoms with E-state index in [9.17, 15) is 19.8 Å². The Morgan fingerprint density at radius 1 is 0.920 bits per heavy atom. The highest BCUT2D eigenvalue weighted by molar-refractivity contribution is 6.34. The molecule has 0 amide bonds. The number of aliphatic hydroxyl groups excluding tert-OH is 2. The molecule has 0 aromatic carbocycles. The molecule has 146 valence electrons. The van der Waals surface area contributed by atoms with Crippen molar-refractivity contribution in [1.82, 2.24) is 0 Å². The predicted octanol–water partition coefficient (Wildman–Crippen LogP) is 3.70. The highest BCUT2D eigenvalue weighted by Gasteiger charge is 2.30. The lowest BCUT2D eigenvalue weighted by Gasteiger charge is -2.21. The van der Waals surface area contributed by atoms with Gasteiger partial charge < -0.3 is 15.3 Å². The van der Waals surface area contributed by atoms with Gasteiger partial charge in [0.25, 0.3) is 5.78 Å². The Bertz CT molecular complexity index is 396. The summed E-state index contributed by atoms with van der Waals surface area (Å²) in [4.78, 5) is 21.7. The minimum atomic E-state index is -1.81.